The largest absolute Gasteiger partial charge is 0.265 e. The number of hydrogen-bond acceptors (Lipinski definition) is 3. The highest BCUT2D eigenvalue weighted by Gasteiger charge is 2.17. The van der Waals surface area contributed by atoms with Gasteiger partial charge in [0.15, 0.2) is 5.17 Å². The van der Waals surface area contributed by atoms with Gasteiger partial charge in [-0.25, -0.2) is 4.39 Å². The fraction of sp³-hybridized carbons (Fsp3) is 0.250. The maximum absolute atomic E-state index is 13.0. The molecule has 0 aromatic heterocycles. The Kier molecular flexibility index (Phi) is 4.20. The van der Waals surface area contributed by atoms with E-state index in [1.165, 1.54) is 23.3 Å². The van der Waals surface area contributed by atoms with Crippen molar-refractivity contribution >= 4 is 28.2 Å². The fourth-order valence-electron chi connectivity index (χ4n) is 2.38. The first-order valence-corrected chi connectivity index (χ1v) is 7.83. The molecule has 0 saturated heterocycles. The molecule has 1 aromatic rings. The van der Waals surface area contributed by atoms with E-state index in [-0.39, 0.29) is 5.82 Å². The van der Waals surface area contributed by atoms with Crippen molar-refractivity contribution in [2.24, 2.45) is 10.1 Å². The minimum absolute atomic E-state index is 0.195. The second kappa shape index (κ2) is 6.26. The zero-order valence-corrected chi connectivity index (χ0v) is 12.6. The van der Waals surface area contributed by atoms with Crippen LogP contribution in [0, 0.1) is 5.82 Å². The summed E-state index contributed by atoms with van der Waals surface area (Å²) in [6.45, 7) is 0. The van der Waals surface area contributed by atoms with Crippen LogP contribution in [0.3, 0.4) is 0 Å². The van der Waals surface area contributed by atoms with Gasteiger partial charge < -0.3 is 0 Å². The van der Waals surface area contributed by atoms with Gasteiger partial charge in [0, 0.05) is 12.8 Å². The lowest BCUT2D eigenvalue weighted by Gasteiger charge is -2.19. The number of thioether (sulfide) groups is 1. The standard InChI is InChI=1S/C16H16FN3S/c1-18-16-20-19-15(10-21-16)13-4-2-11(3-5-13)12-6-8-14(17)9-7-12/h2,4,6-9H,3,5,10H2,1H3,(H,18,20). The van der Waals surface area contributed by atoms with Crippen LogP contribution in [0.25, 0.3) is 5.57 Å². The van der Waals surface area contributed by atoms with Gasteiger partial charge in [0.25, 0.3) is 0 Å². The first kappa shape index (κ1) is 14.1. The number of benzene rings is 1. The third-order valence-electron chi connectivity index (χ3n) is 3.57. The molecule has 0 amide bonds. The van der Waals surface area contributed by atoms with Gasteiger partial charge in [0.1, 0.15) is 5.82 Å². The highest BCUT2D eigenvalue weighted by Crippen LogP contribution is 2.28. The molecule has 1 aliphatic carbocycles. The summed E-state index contributed by atoms with van der Waals surface area (Å²) < 4.78 is 13.0. The van der Waals surface area contributed by atoms with Crippen molar-refractivity contribution in [3.05, 3.63) is 53.4 Å². The number of allylic oxidation sites excluding steroid dienone is 4. The van der Waals surface area contributed by atoms with Gasteiger partial charge in [-0.1, -0.05) is 36.0 Å². The van der Waals surface area contributed by atoms with Crippen molar-refractivity contribution in [3.8, 4) is 0 Å². The number of hydrogen-bond donors (Lipinski definition) is 1. The Morgan fingerprint density at radius 3 is 2.43 bits per heavy atom. The molecule has 0 saturated carbocycles. The second-order valence-corrected chi connectivity index (χ2v) is 5.84. The molecule has 0 radical (unpaired) electrons. The molecule has 1 heterocycles. The van der Waals surface area contributed by atoms with E-state index < -0.39 is 0 Å². The third kappa shape index (κ3) is 3.24. The molecule has 1 N–H and O–H groups in total. The van der Waals surface area contributed by atoms with Gasteiger partial charge in [-0.2, -0.15) is 5.10 Å². The minimum atomic E-state index is -0.195. The summed E-state index contributed by atoms with van der Waals surface area (Å²) in [7, 11) is 1.76. The molecule has 21 heavy (non-hydrogen) atoms. The van der Waals surface area contributed by atoms with Crippen LogP contribution < -0.4 is 5.43 Å². The van der Waals surface area contributed by atoms with Crippen LogP contribution in [0.15, 0.2) is 52.1 Å². The van der Waals surface area contributed by atoms with Crippen molar-refractivity contribution in [1.82, 2.24) is 5.43 Å². The molecule has 1 aliphatic heterocycles. The smallest absolute Gasteiger partial charge is 0.177 e. The van der Waals surface area contributed by atoms with E-state index in [9.17, 15) is 4.39 Å². The first-order chi connectivity index (χ1) is 10.3. The number of aliphatic imine (C=N–C) groups is 1. The fourth-order valence-corrected chi connectivity index (χ4v) is 3.14. The normalized spacial score (nSPS) is 20.5. The zero-order chi connectivity index (χ0) is 14.7. The SMILES string of the molecule is CN=C1NN=C(C2=CC=C(c3ccc(F)cc3)CC2)CS1. The quantitative estimate of drug-likeness (QED) is 0.906. The van der Waals surface area contributed by atoms with E-state index in [0.717, 1.165) is 35.0 Å². The van der Waals surface area contributed by atoms with Crippen LogP contribution in [0.4, 0.5) is 4.39 Å². The van der Waals surface area contributed by atoms with E-state index in [2.05, 4.69) is 27.7 Å². The Morgan fingerprint density at radius 2 is 1.86 bits per heavy atom. The molecule has 0 spiro atoms. The van der Waals surface area contributed by atoms with E-state index in [1.807, 2.05) is 12.1 Å². The van der Waals surface area contributed by atoms with Gasteiger partial charge in [-0.15, -0.1) is 0 Å². The average molecular weight is 301 g/mol. The van der Waals surface area contributed by atoms with Crippen LogP contribution in [0.5, 0.6) is 0 Å². The summed E-state index contributed by atoms with van der Waals surface area (Å²) in [5, 5.41) is 5.24. The van der Waals surface area contributed by atoms with Gasteiger partial charge in [0.2, 0.25) is 0 Å². The maximum atomic E-state index is 13.0. The minimum Gasteiger partial charge on any atom is -0.265 e. The Morgan fingerprint density at radius 1 is 1.14 bits per heavy atom. The van der Waals surface area contributed by atoms with E-state index in [4.69, 9.17) is 0 Å². The summed E-state index contributed by atoms with van der Waals surface area (Å²) in [6, 6.07) is 6.68. The zero-order valence-electron chi connectivity index (χ0n) is 11.8. The van der Waals surface area contributed by atoms with E-state index >= 15 is 0 Å². The summed E-state index contributed by atoms with van der Waals surface area (Å²) in [4.78, 5) is 4.09. The Balaban J connectivity index is 1.76. The predicted molar refractivity (Wildman–Crippen MR) is 88.1 cm³/mol. The molecule has 0 atom stereocenters. The van der Waals surface area contributed by atoms with Gasteiger partial charge in [-0.05, 0) is 41.7 Å². The third-order valence-corrected chi connectivity index (χ3v) is 4.54. The van der Waals surface area contributed by atoms with Crippen LogP contribution in [-0.4, -0.2) is 23.7 Å². The summed E-state index contributed by atoms with van der Waals surface area (Å²) in [5.74, 6) is 0.657. The highest BCUT2D eigenvalue weighted by atomic mass is 32.2. The number of nitrogens with zero attached hydrogens (tertiary/aromatic N) is 2. The molecule has 108 valence electrons. The van der Waals surface area contributed by atoms with Crippen molar-refractivity contribution in [2.75, 3.05) is 12.8 Å². The first-order valence-electron chi connectivity index (χ1n) is 6.84. The lowest BCUT2D eigenvalue weighted by Crippen LogP contribution is -2.26. The average Bonchev–Trinajstić information content (AvgIpc) is 2.56. The molecule has 0 bridgehead atoms. The molecular formula is C16H16FN3S. The van der Waals surface area contributed by atoms with Gasteiger partial charge in [-0.3, -0.25) is 10.4 Å². The lowest BCUT2D eigenvalue weighted by molar-refractivity contribution is 0.627. The molecule has 0 unspecified atom stereocenters. The van der Waals surface area contributed by atoms with Crippen LogP contribution in [-0.2, 0) is 0 Å². The summed E-state index contributed by atoms with van der Waals surface area (Å²) >= 11 is 1.67. The Labute approximate surface area is 127 Å². The summed E-state index contributed by atoms with van der Waals surface area (Å²) in [6.07, 6.45) is 6.15. The Hall–Kier alpha value is -1.88. The Bertz CT molecular complexity index is 657. The molecule has 3 nitrogen and oxygen atoms in total. The van der Waals surface area contributed by atoms with Crippen LogP contribution in [0.1, 0.15) is 18.4 Å². The van der Waals surface area contributed by atoms with Crippen LogP contribution in [0.2, 0.25) is 0 Å². The van der Waals surface area contributed by atoms with Crippen LogP contribution >= 0.6 is 11.8 Å². The van der Waals surface area contributed by atoms with Gasteiger partial charge >= 0.3 is 0 Å². The van der Waals surface area contributed by atoms with Crippen molar-refractivity contribution in [3.63, 3.8) is 0 Å². The number of halogens is 1. The number of hydrazone groups is 1. The molecule has 5 heteroatoms. The van der Waals surface area contributed by atoms with Gasteiger partial charge in [0.05, 0.1) is 5.71 Å². The van der Waals surface area contributed by atoms with Crippen molar-refractivity contribution < 1.29 is 4.39 Å². The maximum Gasteiger partial charge on any atom is 0.177 e. The monoisotopic (exact) mass is 301 g/mol. The number of amidine groups is 1. The predicted octanol–water partition coefficient (Wildman–Crippen LogP) is 3.61. The number of nitrogens with one attached hydrogen (secondary N) is 1. The lowest BCUT2D eigenvalue weighted by atomic mass is 9.91. The second-order valence-electron chi connectivity index (χ2n) is 4.88. The van der Waals surface area contributed by atoms with E-state index in [0.29, 0.717) is 0 Å². The molecule has 0 fully saturated rings. The summed E-state index contributed by atoms with van der Waals surface area (Å²) in [5.41, 5.74) is 7.64. The molecule has 2 aliphatic rings. The highest BCUT2D eigenvalue weighted by molar-refractivity contribution is 8.14. The number of rotatable bonds is 2. The van der Waals surface area contributed by atoms with Crippen molar-refractivity contribution in [1.29, 1.82) is 0 Å². The molecular weight excluding hydrogens is 285 g/mol. The van der Waals surface area contributed by atoms with Crippen molar-refractivity contribution in [2.45, 2.75) is 12.8 Å². The molecule has 1 aromatic carbocycles. The topological polar surface area (TPSA) is 36.8 Å². The van der Waals surface area contributed by atoms with E-state index in [1.54, 1.807) is 18.8 Å². The molecule has 3 rings (SSSR count).